The Bertz CT molecular complexity index is 1230. The summed E-state index contributed by atoms with van der Waals surface area (Å²) in [6.07, 6.45) is 1.42. The number of hydrogen-bond acceptors (Lipinski definition) is 13. The van der Waals surface area contributed by atoms with E-state index in [9.17, 15) is 24.3 Å². The van der Waals surface area contributed by atoms with E-state index in [1.807, 2.05) is 0 Å². The number of carbonyl (C=O) groups excluding carboxylic acids is 3. The molecule has 0 aliphatic carbocycles. The minimum atomic E-state index is -1.34. The lowest BCUT2D eigenvalue weighted by Crippen LogP contribution is -2.71. The molecule has 2 aliphatic rings. The summed E-state index contributed by atoms with van der Waals surface area (Å²) in [5.74, 6) is -3.11. The molecule has 0 spiro atoms. The number of nitrogens with two attached hydrogens (primary N) is 1. The summed E-state index contributed by atoms with van der Waals surface area (Å²) in [6, 6.07) is -1.02. The smallest absolute Gasteiger partial charge is 0.352 e. The third-order valence-electron chi connectivity index (χ3n) is 4.80. The van der Waals surface area contributed by atoms with Crippen LogP contribution in [-0.4, -0.2) is 83.6 Å². The second-order valence-electron chi connectivity index (χ2n) is 7.14. The fourth-order valence-corrected chi connectivity index (χ4v) is 5.13. The summed E-state index contributed by atoms with van der Waals surface area (Å²) in [5, 5.41) is 27.0. The third kappa shape index (κ3) is 5.09. The second-order valence-corrected chi connectivity index (χ2v) is 9.14. The number of carboxylic acid groups (broad SMARTS) is 1. The number of nitrogen functional groups attached to an aromatic ring is 1. The van der Waals surface area contributed by atoms with Gasteiger partial charge in [0.2, 0.25) is 0 Å². The zero-order valence-corrected chi connectivity index (χ0v) is 19.6. The molecule has 15 nitrogen and oxygen atoms in total. The van der Waals surface area contributed by atoms with Gasteiger partial charge in [-0.2, -0.15) is 15.4 Å². The third-order valence-corrected chi connectivity index (χ3v) is 6.81. The number of aromatic amines is 1. The number of fused-ring (bicyclic) bond motifs is 1. The van der Waals surface area contributed by atoms with Crippen molar-refractivity contribution in [3.63, 3.8) is 0 Å². The topological polar surface area (TPSA) is 215 Å². The van der Waals surface area contributed by atoms with E-state index in [0.717, 1.165) is 16.2 Å². The molecule has 2 aromatic heterocycles. The molecular weight excluding hydrogens is 504 g/mol. The molecule has 2 aromatic rings. The van der Waals surface area contributed by atoms with Crippen molar-refractivity contribution in [3.05, 3.63) is 34.2 Å². The van der Waals surface area contributed by atoms with Gasteiger partial charge in [-0.1, -0.05) is 5.16 Å². The summed E-state index contributed by atoms with van der Waals surface area (Å²) >= 11 is 2.32. The zero-order valence-electron chi connectivity index (χ0n) is 18.0. The van der Waals surface area contributed by atoms with Crippen LogP contribution in [0.25, 0.3) is 0 Å². The lowest BCUT2D eigenvalue weighted by atomic mass is 10.0. The molecule has 0 saturated carbocycles. The highest BCUT2D eigenvalue weighted by Gasteiger charge is 2.54. The molecule has 4 rings (SSSR count). The molecule has 17 heteroatoms. The maximum Gasteiger partial charge on any atom is 0.352 e. The number of β-lactam (4-membered cyclic amide) rings is 1. The number of thioether (sulfide) groups is 1. The first-order chi connectivity index (χ1) is 16.8. The number of carboxylic acids is 1. The first-order valence-electron chi connectivity index (χ1n) is 9.86. The van der Waals surface area contributed by atoms with Gasteiger partial charge < -0.3 is 25.7 Å². The van der Waals surface area contributed by atoms with E-state index in [4.69, 9.17) is 15.3 Å². The number of H-pyrrole nitrogens is 1. The minimum absolute atomic E-state index is 0.0839. The van der Waals surface area contributed by atoms with Crippen LogP contribution in [0.2, 0.25) is 0 Å². The number of carbonyl (C=O) groups is 4. The number of thiazole rings is 1. The molecule has 5 N–H and O–H groups in total. The molecule has 1 fully saturated rings. The Morgan fingerprint density at radius 1 is 1.40 bits per heavy atom. The van der Waals surface area contributed by atoms with Gasteiger partial charge in [-0.25, -0.2) is 9.78 Å². The Hall–Kier alpha value is -3.99. The number of anilines is 1. The maximum absolute atomic E-state index is 13.0. The van der Waals surface area contributed by atoms with Gasteiger partial charge in [-0.3, -0.25) is 19.3 Å². The molecule has 0 aromatic carbocycles. The fourth-order valence-electron chi connectivity index (χ4n) is 3.25. The number of amides is 2. The van der Waals surface area contributed by atoms with Gasteiger partial charge in [0.25, 0.3) is 11.8 Å². The van der Waals surface area contributed by atoms with Crippen LogP contribution in [0.5, 0.6) is 0 Å². The average Bonchev–Trinajstić information content (AvgIpc) is 3.49. The second kappa shape index (κ2) is 10.1. The van der Waals surface area contributed by atoms with E-state index in [1.165, 1.54) is 30.3 Å². The largest absolute Gasteiger partial charge is 0.477 e. The summed E-state index contributed by atoms with van der Waals surface area (Å²) in [7, 11) is 0. The molecule has 2 atom stereocenters. The van der Waals surface area contributed by atoms with Crippen LogP contribution >= 0.6 is 23.1 Å². The minimum Gasteiger partial charge on any atom is -0.477 e. The highest BCUT2D eigenvalue weighted by Crippen LogP contribution is 2.40. The van der Waals surface area contributed by atoms with Crippen molar-refractivity contribution in [3.8, 4) is 0 Å². The summed E-state index contributed by atoms with van der Waals surface area (Å²) < 4.78 is 4.91. The molecule has 0 unspecified atom stereocenters. The van der Waals surface area contributed by atoms with Crippen molar-refractivity contribution in [2.45, 2.75) is 24.9 Å². The van der Waals surface area contributed by atoms with Gasteiger partial charge in [-0.05, 0) is 0 Å². The quantitative estimate of drug-likeness (QED) is 0.136. The van der Waals surface area contributed by atoms with E-state index >= 15 is 0 Å². The number of nitrogens with zero attached hydrogens (tertiary/aromatic N) is 5. The SMILES string of the molecule is CC(=O)OCC1=C(C(=O)O)N2C(=O)[C@@H](NC(=O)/C(=N/OCc3cn[nH]n3)c3csc(N)n3)[C@H]2SC1. The molecule has 2 aliphatic heterocycles. The van der Waals surface area contributed by atoms with Crippen LogP contribution in [0.3, 0.4) is 0 Å². The lowest BCUT2D eigenvalue weighted by molar-refractivity contribution is -0.150. The molecule has 35 heavy (non-hydrogen) atoms. The van der Waals surface area contributed by atoms with E-state index in [1.54, 1.807) is 0 Å². The molecular formula is C18H18N8O7S2. The van der Waals surface area contributed by atoms with Gasteiger partial charge in [0.05, 0.1) is 6.20 Å². The summed E-state index contributed by atoms with van der Waals surface area (Å²) in [6.45, 7) is 0.867. The number of nitrogens with one attached hydrogen (secondary N) is 2. The van der Waals surface area contributed by atoms with Crippen LogP contribution in [0.1, 0.15) is 18.3 Å². The van der Waals surface area contributed by atoms with Crippen molar-refractivity contribution in [1.29, 1.82) is 0 Å². The molecule has 0 radical (unpaired) electrons. The zero-order chi connectivity index (χ0) is 25.1. The van der Waals surface area contributed by atoms with Crippen LogP contribution in [-0.2, 0) is 35.4 Å². The number of ether oxygens (including phenoxy) is 1. The fraction of sp³-hybridized carbons (Fsp3) is 0.333. The number of esters is 1. The monoisotopic (exact) mass is 522 g/mol. The number of aliphatic carboxylic acids is 1. The molecule has 1 saturated heterocycles. The Balaban J connectivity index is 1.49. The van der Waals surface area contributed by atoms with E-state index in [-0.39, 0.29) is 46.8 Å². The van der Waals surface area contributed by atoms with Gasteiger partial charge in [0.15, 0.2) is 17.5 Å². The Kier molecular flexibility index (Phi) is 6.97. The highest BCUT2D eigenvalue weighted by molar-refractivity contribution is 8.00. The van der Waals surface area contributed by atoms with Crippen LogP contribution in [0.15, 0.2) is 28.0 Å². The van der Waals surface area contributed by atoms with Crippen molar-refractivity contribution >= 4 is 57.7 Å². The van der Waals surface area contributed by atoms with Gasteiger partial charge in [0.1, 0.15) is 35.1 Å². The Morgan fingerprint density at radius 2 is 2.20 bits per heavy atom. The lowest BCUT2D eigenvalue weighted by Gasteiger charge is -2.49. The number of rotatable bonds is 9. The first-order valence-corrected chi connectivity index (χ1v) is 11.8. The maximum atomic E-state index is 13.0. The number of oxime groups is 1. The Morgan fingerprint density at radius 3 is 2.83 bits per heavy atom. The predicted molar refractivity (Wildman–Crippen MR) is 121 cm³/mol. The van der Waals surface area contributed by atoms with Crippen molar-refractivity contribution in [2.75, 3.05) is 18.1 Å². The Labute approximate surface area is 204 Å². The van der Waals surface area contributed by atoms with E-state index in [2.05, 4.69) is 30.9 Å². The summed E-state index contributed by atoms with van der Waals surface area (Å²) in [5.41, 5.74) is 6.05. The van der Waals surface area contributed by atoms with Crippen molar-refractivity contribution in [1.82, 2.24) is 30.6 Å². The van der Waals surface area contributed by atoms with Gasteiger partial charge in [0, 0.05) is 23.6 Å². The van der Waals surface area contributed by atoms with Gasteiger partial charge in [-0.15, -0.1) is 23.1 Å². The van der Waals surface area contributed by atoms with Crippen molar-refractivity contribution < 1.29 is 33.9 Å². The number of aromatic nitrogens is 4. The van der Waals surface area contributed by atoms with E-state index in [0.29, 0.717) is 5.69 Å². The van der Waals surface area contributed by atoms with Crippen LogP contribution in [0.4, 0.5) is 5.13 Å². The summed E-state index contributed by atoms with van der Waals surface area (Å²) in [4.78, 5) is 59.1. The molecule has 0 bridgehead atoms. The van der Waals surface area contributed by atoms with E-state index < -0.39 is 35.2 Å². The first kappa shape index (κ1) is 24.1. The highest BCUT2D eigenvalue weighted by atomic mass is 32.2. The van der Waals surface area contributed by atoms with Crippen molar-refractivity contribution in [2.24, 2.45) is 5.16 Å². The van der Waals surface area contributed by atoms with Crippen LogP contribution in [0, 0.1) is 0 Å². The normalized spacial score (nSPS) is 19.6. The predicted octanol–water partition coefficient (Wildman–Crippen LogP) is -0.934. The molecule has 2 amide bonds. The number of hydrogen-bond donors (Lipinski definition) is 4. The average molecular weight is 523 g/mol. The standard InChI is InChI=1S/C18H18N8O7S2/c1-7(27)32-3-8-5-34-16-12(15(29)26(16)13(8)17(30)31)22-14(28)11(10-6-35-18(19)21-10)24-33-4-9-2-20-25-23-9/h2,6,12,16H,3-5H2,1H3,(H2,19,21)(H,22,28)(H,30,31)(H,20,23,25)/b24-11+/t12-,16-/m1/s1. The van der Waals surface area contributed by atoms with Crippen LogP contribution < -0.4 is 11.1 Å². The molecule has 184 valence electrons. The van der Waals surface area contributed by atoms with Gasteiger partial charge >= 0.3 is 11.9 Å². The molecule has 4 heterocycles.